The standard InChI is InChI=1S/C20H17N5/c1-15-7-9-16(10-8-15)14-25-23-20(22-24-25)19-13-21-12-11-18(19)17-5-3-2-4-6-17/h2-13H,14H2,1H3. The molecule has 5 nitrogen and oxygen atoms in total. The van der Waals surface area contributed by atoms with Gasteiger partial charge in [0.1, 0.15) is 0 Å². The molecule has 0 saturated carbocycles. The Morgan fingerprint density at radius 2 is 1.68 bits per heavy atom. The maximum absolute atomic E-state index is 4.54. The maximum atomic E-state index is 4.54. The minimum atomic E-state index is 0.582. The van der Waals surface area contributed by atoms with E-state index in [-0.39, 0.29) is 0 Å². The van der Waals surface area contributed by atoms with Crippen molar-refractivity contribution in [2.45, 2.75) is 13.5 Å². The van der Waals surface area contributed by atoms with E-state index in [0.717, 1.165) is 22.3 Å². The number of hydrogen-bond acceptors (Lipinski definition) is 4. The van der Waals surface area contributed by atoms with Crippen LogP contribution < -0.4 is 0 Å². The summed E-state index contributed by atoms with van der Waals surface area (Å²) in [6.07, 6.45) is 3.57. The first-order chi connectivity index (χ1) is 12.3. The molecule has 0 aliphatic heterocycles. The average molecular weight is 327 g/mol. The summed E-state index contributed by atoms with van der Waals surface area (Å²) >= 11 is 0. The van der Waals surface area contributed by atoms with Crippen LogP contribution in [-0.2, 0) is 6.54 Å². The summed E-state index contributed by atoms with van der Waals surface area (Å²) in [7, 11) is 0. The molecule has 0 radical (unpaired) electrons. The number of tetrazole rings is 1. The Labute approximate surface area is 146 Å². The van der Waals surface area contributed by atoms with Crippen molar-refractivity contribution in [3.63, 3.8) is 0 Å². The fourth-order valence-corrected chi connectivity index (χ4v) is 2.72. The minimum Gasteiger partial charge on any atom is -0.264 e. The van der Waals surface area contributed by atoms with Gasteiger partial charge in [0.05, 0.1) is 6.54 Å². The molecule has 0 aliphatic carbocycles. The van der Waals surface area contributed by atoms with Gasteiger partial charge in [-0.25, -0.2) is 0 Å². The molecule has 122 valence electrons. The number of aromatic nitrogens is 5. The molecule has 0 fully saturated rings. The molecule has 0 spiro atoms. The second kappa shape index (κ2) is 6.65. The summed E-state index contributed by atoms with van der Waals surface area (Å²) < 4.78 is 0. The molecule has 2 aromatic carbocycles. The third-order valence-corrected chi connectivity index (χ3v) is 4.04. The van der Waals surface area contributed by atoms with E-state index in [0.29, 0.717) is 12.4 Å². The quantitative estimate of drug-likeness (QED) is 0.573. The van der Waals surface area contributed by atoms with E-state index in [4.69, 9.17) is 0 Å². The van der Waals surface area contributed by atoms with Crippen LogP contribution >= 0.6 is 0 Å². The van der Waals surface area contributed by atoms with Crippen molar-refractivity contribution in [2.75, 3.05) is 0 Å². The molecule has 0 saturated heterocycles. The zero-order valence-corrected chi connectivity index (χ0v) is 13.9. The van der Waals surface area contributed by atoms with Gasteiger partial charge in [-0.2, -0.15) is 4.80 Å². The molecular formula is C20H17N5. The normalized spacial score (nSPS) is 10.8. The van der Waals surface area contributed by atoms with Crippen molar-refractivity contribution in [2.24, 2.45) is 0 Å². The van der Waals surface area contributed by atoms with Gasteiger partial charge in [0.25, 0.3) is 0 Å². The first-order valence-corrected chi connectivity index (χ1v) is 8.13. The topological polar surface area (TPSA) is 56.5 Å². The van der Waals surface area contributed by atoms with Gasteiger partial charge in [0.15, 0.2) is 0 Å². The molecule has 2 heterocycles. The van der Waals surface area contributed by atoms with E-state index in [2.05, 4.69) is 63.7 Å². The molecule has 0 unspecified atom stereocenters. The molecule has 2 aromatic heterocycles. The van der Waals surface area contributed by atoms with Crippen LogP contribution in [0.1, 0.15) is 11.1 Å². The number of nitrogens with zero attached hydrogens (tertiary/aromatic N) is 5. The van der Waals surface area contributed by atoms with Crippen LogP contribution in [0.2, 0.25) is 0 Å². The van der Waals surface area contributed by atoms with Gasteiger partial charge in [-0.3, -0.25) is 4.98 Å². The molecule has 0 atom stereocenters. The van der Waals surface area contributed by atoms with Gasteiger partial charge in [0.2, 0.25) is 5.82 Å². The van der Waals surface area contributed by atoms with Gasteiger partial charge < -0.3 is 0 Å². The summed E-state index contributed by atoms with van der Waals surface area (Å²) in [5, 5.41) is 13.0. The van der Waals surface area contributed by atoms with E-state index in [1.54, 1.807) is 17.2 Å². The van der Waals surface area contributed by atoms with Gasteiger partial charge >= 0.3 is 0 Å². The van der Waals surface area contributed by atoms with Crippen LogP contribution in [0, 0.1) is 6.92 Å². The number of pyridine rings is 1. The molecule has 0 N–H and O–H groups in total. The minimum absolute atomic E-state index is 0.582. The molecule has 0 amide bonds. The summed E-state index contributed by atoms with van der Waals surface area (Å²) in [4.78, 5) is 5.85. The molecule has 25 heavy (non-hydrogen) atoms. The predicted octanol–water partition coefficient (Wildman–Crippen LogP) is 3.76. The van der Waals surface area contributed by atoms with Gasteiger partial charge in [-0.1, -0.05) is 60.2 Å². The highest BCUT2D eigenvalue weighted by atomic mass is 15.6. The molecule has 4 rings (SSSR count). The zero-order valence-electron chi connectivity index (χ0n) is 13.9. The Bertz CT molecular complexity index is 974. The van der Waals surface area contributed by atoms with E-state index < -0.39 is 0 Å². The largest absolute Gasteiger partial charge is 0.264 e. The summed E-state index contributed by atoms with van der Waals surface area (Å²) in [6.45, 7) is 2.66. The Hall–Kier alpha value is -3.34. The van der Waals surface area contributed by atoms with Crippen molar-refractivity contribution in [3.05, 3.63) is 84.2 Å². The van der Waals surface area contributed by atoms with Crippen LogP contribution in [0.4, 0.5) is 0 Å². The number of hydrogen-bond donors (Lipinski definition) is 0. The second-order valence-corrected chi connectivity index (χ2v) is 5.92. The van der Waals surface area contributed by atoms with Crippen molar-refractivity contribution in [3.8, 4) is 22.5 Å². The van der Waals surface area contributed by atoms with Crippen LogP contribution in [-0.4, -0.2) is 25.2 Å². The van der Waals surface area contributed by atoms with Gasteiger partial charge in [-0.05, 0) is 34.9 Å². The molecule has 5 heteroatoms. The Kier molecular flexibility index (Phi) is 4.04. The summed E-state index contributed by atoms with van der Waals surface area (Å²) in [5.74, 6) is 0.582. The maximum Gasteiger partial charge on any atom is 0.207 e. The lowest BCUT2D eigenvalue weighted by Gasteiger charge is -2.05. The SMILES string of the molecule is Cc1ccc(Cn2nnc(-c3cnccc3-c3ccccc3)n2)cc1. The fraction of sp³-hybridized carbons (Fsp3) is 0.100. The third-order valence-electron chi connectivity index (χ3n) is 4.04. The van der Waals surface area contributed by atoms with Crippen molar-refractivity contribution in [1.29, 1.82) is 0 Å². The first-order valence-electron chi connectivity index (χ1n) is 8.13. The smallest absolute Gasteiger partial charge is 0.207 e. The number of rotatable bonds is 4. The molecule has 0 bridgehead atoms. The average Bonchev–Trinajstić information content (AvgIpc) is 3.13. The van der Waals surface area contributed by atoms with E-state index in [1.165, 1.54) is 5.56 Å². The van der Waals surface area contributed by atoms with E-state index >= 15 is 0 Å². The third kappa shape index (κ3) is 3.30. The van der Waals surface area contributed by atoms with Gasteiger partial charge in [-0.15, -0.1) is 10.2 Å². The lowest BCUT2D eigenvalue weighted by Crippen LogP contribution is -2.04. The molecule has 4 aromatic rings. The summed E-state index contributed by atoms with van der Waals surface area (Å²) in [5.41, 5.74) is 5.41. The van der Waals surface area contributed by atoms with Crippen molar-refractivity contribution < 1.29 is 0 Å². The zero-order chi connectivity index (χ0) is 17.1. The van der Waals surface area contributed by atoms with Crippen LogP contribution in [0.15, 0.2) is 73.1 Å². The Morgan fingerprint density at radius 3 is 2.48 bits per heavy atom. The van der Waals surface area contributed by atoms with Gasteiger partial charge in [0, 0.05) is 18.0 Å². The first kappa shape index (κ1) is 15.2. The Morgan fingerprint density at radius 1 is 0.880 bits per heavy atom. The predicted molar refractivity (Wildman–Crippen MR) is 96.8 cm³/mol. The van der Waals surface area contributed by atoms with Crippen molar-refractivity contribution >= 4 is 0 Å². The Balaban J connectivity index is 1.66. The number of aryl methyl sites for hydroxylation is 1. The molecular weight excluding hydrogens is 310 g/mol. The van der Waals surface area contributed by atoms with Crippen LogP contribution in [0.5, 0.6) is 0 Å². The summed E-state index contributed by atoms with van der Waals surface area (Å²) in [6, 6.07) is 20.5. The van der Waals surface area contributed by atoms with E-state index in [9.17, 15) is 0 Å². The fourth-order valence-electron chi connectivity index (χ4n) is 2.72. The highest BCUT2D eigenvalue weighted by Crippen LogP contribution is 2.28. The highest BCUT2D eigenvalue weighted by molar-refractivity contribution is 5.79. The van der Waals surface area contributed by atoms with Crippen molar-refractivity contribution in [1.82, 2.24) is 25.2 Å². The highest BCUT2D eigenvalue weighted by Gasteiger charge is 2.12. The lowest BCUT2D eigenvalue weighted by atomic mass is 10.0. The van der Waals surface area contributed by atoms with Crippen LogP contribution in [0.3, 0.4) is 0 Å². The monoisotopic (exact) mass is 327 g/mol. The second-order valence-electron chi connectivity index (χ2n) is 5.92. The van der Waals surface area contributed by atoms with Crippen LogP contribution in [0.25, 0.3) is 22.5 Å². The molecule has 0 aliphatic rings. The lowest BCUT2D eigenvalue weighted by molar-refractivity contribution is 0.573. The van der Waals surface area contributed by atoms with E-state index in [1.807, 2.05) is 24.3 Å². The number of benzene rings is 2.